The first-order valence-corrected chi connectivity index (χ1v) is 12.1. The van der Waals surface area contributed by atoms with Gasteiger partial charge < -0.3 is 24.3 Å². The Morgan fingerprint density at radius 3 is 1.92 bits per heavy atom. The number of esters is 4. The summed E-state index contributed by atoms with van der Waals surface area (Å²) in [5.74, 6) is -3.26. The lowest BCUT2D eigenvalue weighted by molar-refractivity contribution is -0.184. The average molecular weight is 518 g/mol. The van der Waals surface area contributed by atoms with Gasteiger partial charge in [0.15, 0.2) is 23.1 Å². The average Bonchev–Trinajstić information content (AvgIpc) is 2.77. The third-order valence-corrected chi connectivity index (χ3v) is 6.52. The van der Waals surface area contributed by atoms with E-state index in [1.54, 1.807) is 0 Å². The van der Waals surface area contributed by atoms with Crippen LogP contribution in [0.1, 0.15) is 33.3 Å². The van der Waals surface area contributed by atoms with Gasteiger partial charge in [0.1, 0.15) is 6.04 Å². The van der Waals surface area contributed by atoms with Crippen LogP contribution in [0.4, 0.5) is 0 Å². The molecule has 36 heavy (non-hydrogen) atoms. The number of carbonyl (C=O) groups excluding carboxylic acids is 5. The van der Waals surface area contributed by atoms with E-state index in [9.17, 15) is 24.0 Å². The standard InChI is InChI=1S/C25H27NO9S/c1-13(27)32-22-21(26-20(31)12-18-10-7-9-17-8-5-6-11-19(17)18)24(34-15(3)29)36-25(35-16(4)30)23(22)33-14(2)28/h5-11,21-25H,12H2,1-4H3,(H,26,31)/t21-,22-,23+,24?,25+/m1/s1. The fourth-order valence-electron chi connectivity index (χ4n) is 3.98. The first-order chi connectivity index (χ1) is 17.0. The molecule has 5 atom stereocenters. The van der Waals surface area contributed by atoms with Gasteiger partial charge in [-0.25, -0.2) is 0 Å². The molecule has 1 aliphatic heterocycles. The highest BCUT2D eigenvalue weighted by atomic mass is 32.2. The molecule has 10 nitrogen and oxygen atoms in total. The van der Waals surface area contributed by atoms with Crippen LogP contribution in [0.2, 0.25) is 0 Å². The van der Waals surface area contributed by atoms with E-state index in [1.807, 2.05) is 42.5 Å². The van der Waals surface area contributed by atoms with E-state index >= 15 is 0 Å². The Labute approximate surface area is 212 Å². The predicted octanol–water partition coefficient (Wildman–Crippen LogP) is 2.26. The maximum atomic E-state index is 13.2. The zero-order chi connectivity index (χ0) is 26.4. The van der Waals surface area contributed by atoms with Gasteiger partial charge in [0, 0.05) is 27.7 Å². The Morgan fingerprint density at radius 2 is 1.28 bits per heavy atom. The third-order valence-electron chi connectivity index (χ3n) is 5.23. The van der Waals surface area contributed by atoms with E-state index in [0.29, 0.717) is 0 Å². The van der Waals surface area contributed by atoms with Gasteiger partial charge in [-0.1, -0.05) is 54.2 Å². The molecule has 2 aromatic carbocycles. The topological polar surface area (TPSA) is 134 Å². The van der Waals surface area contributed by atoms with Crippen LogP contribution >= 0.6 is 11.8 Å². The van der Waals surface area contributed by atoms with Gasteiger partial charge in [0.25, 0.3) is 0 Å². The van der Waals surface area contributed by atoms with E-state index in [1.165, 1.54) is 6.92 Å². The molecule has 0 saturated carbocycles. The molecule has 3 rings (SSSR count). The maximum absolute atomic E-state index is 13.2. The first-order valence-electron chi connectivity index (χ1n) is 11.2. The van der Waals surface area contributed by atoms with Crippen molar-refractivity contribution in [3.8, 4) is 0 Å². The molecule has 11 heteroatoms. The predicted molar refractivity (Wildman–Crippen MR) is 129 cm³/mol. The number of hydrogen-bond donors (Lipinski definition) is 1. The highest BCUT2D eigenvalue weighted by Gasteiger charge is 2.53. The van der Waals surface area contributed by atoms with Crippen molar-refractivity contribution in [3.05, 3.63) is 48.0 Å². The summed E-state index contributed by atoms with van der Waals surface area (Å²) >= 11 is 0.859. The molecule has 0 aromatic heterocycles. The van der Waals surface area contributed by atoms with E-state index in [0.717, 1.165) is 48.9 Å². The molecule has 1 amide bonds. The molecule has 0 bridgehead atoms. The first kappa shape index (κ1) is 27.0. The molecule has 0 radical (unpaired) electrons. The minimum atomic E-state index is -1.31. The summed E-state index contributed by atoms with van der Waals surface area (Å²) in [6, 6.07) is 12.1. The molecule has 1 heterocycles. The molecule has 0 spiro atoms. The lowest BCUT2D eigenvalue weighted by atomic mass is 10.0. The van der Waals surface area contributed by atoms with Crippen molar-refractivity contribution in [3.63, 3.8) is 0 Å². The second-order valence-corrected chi connectivity index (χ2v) is 9.35. The molecule has 1 saturated heterocycles. The van der Waals surface area contributed by atoms with Gasteiger partial charge in [-0.05, 0) is 16.3 Å². The Kier molecular flexibility index (Phi) is 8.92. The molecule has 1 aliphatic rings. The van der Waals surface area contributed by atoms with Gasteiger partial charge in [0.05, 0.1) is 6.42 Å². The number of hydrogen-bond acceptors (Lipinski definition) is 10. The van der Waals surface area contributed by atoms with Gasteiger partial charge in [-0.2, -0.15) is 0 Å². The summed E-state index contributed by atoms with van der Waals surface area (Å²) in [7, 11) is 0. The van der Waals surface area contributed by atoms with Gasteiger partial charge in [-0.3, -0.25) is 24.0 Å². The van der Waals surface area contributed by atoms with Crippen LogP contribution in [-0.4, -0.2) is 58.9 Å². The Bertz CT molecular complexity index is 1160. The maximum Gasteiger partial charge on any atom is 0.303 e. The third kappa shape index (κ3) is 6.97. The highest BCUT2D eigenvalue weighted by Crippen LogP contribution is 2.38. The van der Waals surface area contributed by atoms with Crippen molar-refractivity contribution < 1.29 is 42.9 Å². The second-order valence-electron chi connectivity index (χ2n) is 8.15. The van der Waals surface area contributed by atoms with Crippen LogP contribution in [0, 0.1) is 0 Å². The van der Waals surface area contributed by atoms with E-state index in [2.05, 4.69) is 5.32 Å². The number of nitrogens with one attached hydrogen (secondary N) is 1. The molecular weight excluding hydrogens is 490 g/mol. The van der Waals surface area contributed by atoms with Crippen LogP contribution in [-0.2, 0) is 49.3 Å². The molecule has 2 aromatic rings. The van der Waals surface area contributed by atoms with E-state index in [-0.39, 0.29) is 6.42 Å². The minimum Gasteiger partial charge on any atom is -0.456 e. The van der Waals surface area contributed by atoms with Crippen LogP contribution in [0.25, 0.3) is 10.8 Å². The number of amides is 1. The number of rotatable bonds is 7. The zero-order valence-corrected chi connectivity index (χ0v) is 21.0. The molecule has 1 N–H and O–H groups in total. The van der Waals surface area contributed by atoms with Crippen LogP contribution in [0.3, 0.4) is 0 Å². The summed E-state index contributed by atoms with van der Waals surface area (Å²) < 4.78 is 21.5. The number of carbonyl (C=O) groups is 5. The fourth-order valence-corrected chi connectivity index (χ4v) is 5.39. The minimum absolute atomic E-state index is 0.0201. The highest BCUT2D eigenvalue weighted by molar-refractivity contribution is 8.00. The molecule has 192 valence electrons. The van der Waals surface area contributed by atoms with Crippen molar-refractivity contribution >= 4 is 52.3 Å². The SMILES string of the molecule is CC(=O)OC1S[C@H](OC(C)=O)[C@@H](OC(C)=O)[C@H](OC(C)=O)[C@H]1NC(=O)Cc1cccc2ccccc12. The lowest BCUT2D eigenvalue weighted by Crippen LogP contribution is -2.63. The van der Waals surface area contributed by atoms with Crippen LogP contribution in [0.5, 0.6) is 0 Å². The van der Waals surface area contributed by atoms with Gasteiger partial charge >= 0.3 is 23.9 Å². The van der Waals surface area contributed by atoms with Crippen molar-refractivity contribution in [1.29, 1.82) is 0 Å². The monoisotopic (exact) mass is 517 g/mol. The van der Waals surface area contributed by atoms with E-state index < -0.39 is 58.9 Å². The number of ether oxygens (including phenoxy) is 4. The second kappa shape index (κ2) is 11.9. The summed E-state index contributed by atoms with van der Waals surface area (Å²) in [4.78, 5) is 60.6. The Balaban J connectivity index is 1.94. The smallest absolute Gasteiger partial charge is 0.303 e. The Hall–Kier alpha value is -3.60. The van der Waals surface area contributed by atoms with Gasteiger partial charge in [0.2, 0.25) is 5.91 Å². The summed E-state index contributed by atoms with van der Waals surface area (Å²) in [6.45, 7) is 4.62. The summed E-state index contributed by atoms with van der Waals surface area (Å²) in [5, 5.41) is 4.63. The zero-order valence-electron chi connectivity index (χ0n) is 20.2. The van der Waals surface area contributed by atoms with Crippen molar-refractivity contribution in [1.82, 2.24) is 5.32 Å². The number of benzene rings is 2. The number of fused-ring (bicyclic) bond motifs is 1. The summed E-state index contributed by atoms with van der Waals surface area (Å²) in [6.07, 6.45) is -2.60. The largest absolute Gasteiger partial charge is 0.456 e. The quantitative estimate of drug-likeness (QED) is 0.430. The molecule has 0 aliphatic carbocycles. The fraction of sp³-hybridized carbons (Fsp3) is 0.400. The normalized spacial score (nSPS) is 23.3. The molecular formula is C25H27NO9S. The van der Waals surface area contributed by atoms with Crippen molar-refractivity contribution in [2.45, 2.75) is 63.2 Å². The lowest BCUT2D eigenvalue weighted by Gasteiger charge is -2.43. The van der Waals surface area contributed by atoms with Gasteiger partial charge in [-0.15, -0.1) is 0 Å². The molecule has 1 fully saturated rings. The van der Waals surface area contributed by atoms with E-state index in [4.69, 9.17) is 18.9 Å². The summed E-state index contributed by atoms with van der Waals surface area (Å²) in [5.41, 5.74) is -1.51. The van der Waals surface area contributed by atoms with Crippen LogP contribution in [0.15, 0.2) is 42.5 Å². The molecule has 1 unspecified atom stereocenters. The van der Waals surface area contributed by atoms with Crippen LogP contribution < -0.4 is 5.32 Å². The van der Waals surface area contributed by atoms with Crippen molar-refractivity contribution in [2.24, 2.45) is 0 Å². The Morgan fingerprint density at radius 1 is 0.722 bits per heavy atom. The number of thioether (sulfide) groups is 1. The van der Waals surface area contributed by atoms with Crippen molar-refractivity contribution in [2.75, 3.05) is 0 Å².